The molecule has 0 radical (unpaired) electrons. The highest BCUT2D eigenvalue weighted by atomic mass is 16.3. The fourth-order valence-electron chi connectivity index (χ4n) is 7.02. The second-order valence-corrected chi connectivity index (χ2v) is 8.69. The summed E-state index contributed by atoms with van der Waals surface area (Å²) < 4.78 is 0. The summed E-state index contributed by atoms with van der Waals surface area (Å²) in [4.78, 5) is 11.8. The maximum Gasteiger partial charge on any atom is 0.155 e. The molecule has 0 aromatic heterocycles. The van der Waals surface area contributed by atoms with Crippen molar-refractivity contribution in [2.24, 2.45) is 28.6 Å². The van der Waals surface area contributed by atoms with Crippen LogP contribution in [0, 0.1) is 28.6 Å². The van der Waals surface area contributed by atoms with Gasteiger partial charge in [0, 0.05) is 6.42 Å². The first kappa shape index (κ1) is 14.9. The van der Waals surface area contributed by atoms with Gasteiger partial charge in [-0.1, -0.05) is 19.4 Å². The van der Waals surface area contributed by atoms with Gasteiger partial charge in [-0.2, -0.15) is 0 Å². The van der Waals surface area contributed by atoms with E-state index < -0.39 is 0 Å². The Labute approximate surface area is 134 Å². The minimum Gasteiger partial charge on any atom is -0.393 e. The van der Waals surface area contributed by atoms with Crippen LogP contribution in [0.5, 0.6) is 0 Å². The van der Waals surface area contributed by atoms with Gasteiger partial charge in [-0.05, 0) is 86.0 Å². The van der Waals surface area contributed by atoms with Gasteiger partial charge in [0.1, 0.15) is 0 Å². The predicted molar refractivity (Wildman–Crippen MR) is 87.3 cm³/mol. The van der Waals surface area contributed by atoms with E-state index in [1.165, 1.54) is 31.3 Å². The number of aliphatic hydroxyl groups is 1. The molecule has 6 atom stereocenters. The second kappa shape index (κ2) is 4.93. The van der Waals surface area contributed by atoms with Crippen molar-refractivity contribution in [3.8, 4) is 0 Å². The number of hydrogen-bond acceptors (Lipinski definition) is 2. The number of hydrogen-bond donors (Lipinski definition) is 1. The fourth-order valence-corrected chi connectivity index (χ4v) is 7.02. The summed E-state index contributed by atoms with van der Waals surface area (Å²) in [7, 11) is 0. The molecule has 0 saturated heterocycles. The number of ketones is 1. The SMILES string of the molecule is CC[C@]12CC[C@@H]3[C@@H](CCC4=CC(=O)CC[C@@]43C)[C@@H]1CCC2O. The molecule has 0 amide bonds. The van der Waals surface area contributed by atoms with Crippen LogP contribution in [0.2, 0.25) is 0 Å². The molecule has 3 fully saturated rings. The summed E-state index contributed by atoms with van der Waals surface area (Å²) in [6.07, 6.45) is 11.9. The molecule has 0 aliphatic heterocycles. The van der Waals surface area contributed by atoms with Gasteiger partial charge in [-0.3, -0.25) is 4.79 Å². The Morgan fingerprint density at radius 1 is 1.14 bits per heavy atom. The van der Waals surface area contributed by atoms with Crippen LogP contribution in [0.15, 0.2) is 11.6 Å². The molecule has 2 heteroatoms. The Kier molecular flexibility index (Phi) is 3.35. The topological polar surface area (TPSA) is 37.3 Å². The van der Waals surface area contributed by atoms with Crippen molar-refractivity contribution in [1.82, 2.24) is 0 Å². The standard InChI is InChI=1S/C20H30O2/c1-3-20-11-9-16-15(17(20)6-7-18(20)22)5-4-13-12-14(21)8-10-19(13,16)2/h12,15-18,22H,3-11H2,1-2H3/t15-,16-,17+,18?,19+,20+/m1/s1. The van der Waals surface area contributed by atoms with Gasteiger partial charge < -0.3 is 5.11 Å². The molecule has 1 N–H and O–H groups in total. The van der Waals surface area contributed by atoms with Gasteiger partial charge in [0.2, 0.25) is 0 Å². The molecular weight excluding hydrogens is 272 g/mol. The van der Waals surface area contributed by atoms with Crippen LogP contribution in [0.25, 0.3) is 0 Å². The fraction of sp³-hybridized carbons (Fsp3) is 0.850. The summed E-state index contributed by atoms with van der Waals surface area (Å²) in [5.41, 5.74) is 1.93. The number of allylic oxidation sites excluding steroid dienone is 1. The lowest BCUT2D eigenvalue weighted by Gasteiger charge is -2.58. The van der Waals surface area contributed by atoms with Crippen molar-refractivity contribution in [2.45, 2.75) is 77.7 Å². The molecule has 4 aliphatic rings. The van der Waals surface area contributed by atoms with Crippen LogP contribution < -0.4 is 0 Å². The predicted octanol–water partition coefficient (Wildman–Crippen LogP) is 4.27. The first-order valence-electron chi connectivity index (χ1n) is 9.43. The Hall–Kier alpha value is -0.630. The van der Waals surface area contributed by atoms with E-state index in [9.17, 15) is 9.90 Å². The first-order chi connectivity index (χ1) is 10.5. The van der Waals surface area contributed by atoms with Gasteiger partial charge in [0.05, 0.1) is 6.10 Å². The molecule has 0 bridgehead atoms. The Bertz CT molecular complexity index is 522. The van der Waals surface area contributed by atoms with Gasteiger partial charge in [-0.25, -0.2) is 0 Å². The lowest BCUT2D eigenvalue weighted by molar-refractivity contribution is -0.118. The zero-order chi connectivity index (χ0) is 15.5. The molecule has 2 nitrogen and oxygen atoms in total. The maximum absolute atomic E-state index is 11.8. The Morgan fingerprint density at radius 3 is 2.73 bits per heavy atom. The van der Waals surface area contributed by atoms with E-state index in [1.807, 2.05) is 6.08 Å². The van der Waals surface area contributed by atoms with Crippen LogP contribution >= 0.6 is 0 Å². The largest absolute Gasteiger partial charge is 0.393 e. The first-order valence-corrected chi connectivity index (χ1v) is 9.43. The molecule has 0 heterocycles. The number of rotatable bonds is 1. The van der Waals surface area contributed by atoms with E-state index in [0.29, 0.717) is 5.78 Å². The Balaban J connectivity index is 1.69. The number of aliphatic hydroxyl groups excluding tert-OH is 1. The van der Waals surface area contributed by atoms with Crippen LogP contribution in [0.3, 0.4) is 0 Å². The number of fused-ring (bicyclic) bond motifs is 5. The van der Waals surface area contributed by atoms with E-state index in [2.05, 4.69) is 13.8 Å². The molecule has 0 spiro atoms. The van der Waals surface area contributed by atoms with Crippen molar-refractivity contribution < 1.29 is 9.90 Å². The minimum atomic E-state index is -0.0684. The normalized spacial score (nSPS) is 50.9. The summed E-state index contributed by atoms with van der Waals surface area (Å²) in [6, 6.07) is 0. The lowest BCUT2D eigenvalue weighted by atomic mass is 9.47. The average molecular weight is 302 g/mol. The third-order valence-corrected chi connectivity index (χ3v) is 8.29. The molecule has 3 saturated carbocycles. The lowest BCUT2D eigenvalue weighted by Crippen LogP contribution is -2.52. The molecule has 4 rings (SSSR count). The average Bonchev–Trinajstić information content (AvgIpc) is 2.86. The molecular formula is C20H30O2. The summed E-state index contributed by atoms with van der Waals surface area (Å²) >= 11 is 0. The van der Waals surface area contributed by atoms with E-state index >= 15 is 0 Å². The number of carbonyl (C=O) groups excluding carboxylic acids is 1. The summed E-state index contributed by atoms with van der Waals surface area (Å²) in [5, 5.41) is 10.6. The number of carbonyl (C=O) groups is 1. The molecule has 22 heavy (non-hydrogen) atoms. The van der Waals surface area contributed by atoms with Crippen molar-refractivity contribution >= 4 is 5.78 Å². The van der Waals surface area contributed by atoms with Crippen LogP contribution in [-0.2, 0) is 4.79 Å². The van der Waals surface area contributed by atoms with E-state index in [4.69, 9.17) is 0 Å². The molecule has 4 aliphatic carbocycles. The van der Waals surface area contributed by atoms with Crippen molar-refractivity contribution in [2.75, 3.05) is 0 Å². The van der Waals surface area contributed by atoms with Gasteiger partial charge in [0.15, 0.2) is 5.78 Å². The summed E-state index contributed by atoms with van der Waals surface area (Å²) in [5.74, 6) is 2.60. The van der Waals surface area contributed by atoms with Crippen molar-refractivity contribution in [1.29, 1.82) is 0 Å². The van der Waals surface area contributed by atoms with Crippen LogP contribution in [0.4, 0.5) is 0 Å². The quantitative estimate of drug-likeness (QED) is 0.785. The maximum atomic E-state index is 11.8. The third-order valence-electron chi connectivity index (χ3n) is 8.29. The van der Waals surface area contributed by atoms with Crippen LogP contribution in [0.1, 0.15) is 71.6 Å². The van der Waals surface area contributed by atoms with Crippen LogP contribution in [-0.4, -0.2) is 17.0 Å². The summed E-state index contributed by atoms with van der Waals surface area (Å²) in [6.45, 7) is 4.73. The minimum absolute atomic E-state index is 0.0684. The van der Waals surface area contributed by atoms with Gasteiger partial charge in [0.25, 0.3) is 0 Å². The molecule has 1 unspecified atom stereocenters. The highest BCUT2D eigenvalue weighted by molar-refractivity contribution is 5.91. The highest BCUT2D eigenvalue weighted by Gasteiger charge is 2.59. The molecule has 122 valence electrons. The van der Waals surface area contributed by atoms with E-state index in [1.54, 1.807) is 0 Å². The Morgan fingerprint density at radius 2 is 1.95 bits per heavy atom. The second-order valence-electron chi connectivity index (χ2n) is 8.69. The molecule has 0 aromatic rings. The zero-order valence-corrected chi connectivity index (χ0v) is 14.1. The van der Waals surface area contributed by atoms with Gasteiger partial charge in [-0.15, -0.1) is 0 Å². The smallest absolute Gasteiger partial charge is 0.155 e. The monoisotopic (exact) mass is 302 g/mol. The molecule has 0 aromatic carbocycles. The van der Waals surface area contributed by atoms with Crippen molar-refractivity contribution in [3.63, 3.8) is 0 Å². The van der Waals surface area contributed by atoms with Gasteiger partial charge >= 0.3 is 0 Å². The van der Waals surface area contributed by atoms with Crippen molar-refractivity contribution in [3.05, 3.63) is 11.6 Å². The third kappa shape index (κ3) is 1.79. The van der Waals surface area contributed by atoms with E-state index in [-0.39, 0.29) is 16.9 Å². The van der Waals surface area contributed by atoms with E-state index in [0.717, 1.165) is 49.9 Å². The highest BCUT2D eigenvalue weighted by Crippen LogP contribution is 2.66. The zero-order valence-electron chi connectivity index (χ0n) is 14.1.